The Morgan fingerprint density at radius 3 is 2.50 bits per heavy atom. The monoisotopic (exact) mass is 269 g/mol. The SMILES string of the molecule is CCOc1ccc(C(C)(C)CNC(C)C)cc1Cl. The maximum absolute atomic E-state index is 6.23. The summed E-state index contributed by atoms with van der Waals surface area (Å²) < 4.78 is 5.45. The van der Waals surface area contributed by atoms with Crippen LogP contribution in [0.25, 0.3) is 0 Å². The van der Waals surface area contributed by atoms with Crippen LogP contribution in [0, 0.1) is 0 Å². The fourth-order valence-electron chi connectivity index (χ4n) is 1.76. The molecule has 1 aromatic carbocycles. The summed E-state index contributed by atoms with van der Waals surface area (Å²) in [6.45, 7) is 12.3. The quantitative estimate of drug-likeness (QED) is 0.842. The van der Waals surface area contributed by atoms with Crippen molar-refractivity contribution < 1.29 is 4.74 Å². The Balaban J connectivity index is 2.85. The molecule has 1 aromatic rings. The minimum absolute atomic E-state index is 0.0542. The average Bonchev–Trinajstić information content (AvgIpc) is 2.29. The van der Waals surface area contributed by atoms with Crippen molar-refractivity contribution in [3.05, 3.63) is 28.8 Å². The van der Waals surface area contributed by atoms with Gasteiger partial charge >= 0.3 is 0 Å². The second-order valence-electron chi connectivity index (χ2n) is 5.50. The Morgan fingerprint density at radius 1 is 1.33 bits per heavy atom. The zero-order chi connectivity index (χ0) is 13.8. The van der Waals surface area contributed by atoms with E-state index in [1.807, 2.05) is 19.1 Å². The maximum atomic E-state index is 6.23. The van der Waals surface area contributed by atoms with E-state index < -0.39 is 0 Å². The van der Waals surface area contributed by atoms with E-state index in [9.17, 15) is 0 Å². The highest BCUT2D eigenvalue weighted by atomic mass is 35.5. The van der Waals surface area contributed by atoms with Crippen LogP contribution in [-0.2, 0) is 5.41 Å². The lowest BCUT2D eigenvalue weighted by molar-refractivity contribution is 0.340. The van der Waals surface area contributed by atoms with Gasteiger partial charge < -0.3 is 10.1 Å². The van der Waals surface area contributed by atoms with Gasteiger partial charge in [0, 0.05) is 18.0 Å². The van der Waals surface area contributed by atoms with Gasteiger partial charge in [-0.05, 0) is 24.6 Å². The molecule has 0 atom stereocenters. The third-order valence-electron chi connectivity index (χ3n) is 2.97. The summed E-state index contributed by atoms with van der Waals surface area (Å²) in [6.07, 6.45) is 0. The average molecular weight is 270 g/mol. The highest BCUT2D eigenvalue weighted by molar-refractivity contribution is 6.32. The molecule has 102 valence electrons. The van der Waals surface area contributed by atoms with Gasteiger partial charge in [-0.25, -0.2) is 0 Å². The number of halogens is 1. The third-order valence-corrected chi connectivity index (χ3v) is 3.26. The van der Waals surface area contributed by atoms with Gasteiger partial charge in [-0.3, -0.25) is 0 Å². The molecule has 2 nitrogen and oxygen atoms in total. The lowest BCUT2D eigenvalue weighted by atomic mass is 9.84. The predicted octanol–water partition coefficient (Wildman–Crippen LogP) is 4.01. The molecule has 0 amide bonds. The number of benzene rings is 1. The van der Waals surface area contributed by atoms with E-state index in [1.54, 1.807) is 0 Å². The van der Waals surface area contributed by atoms with Crippen molar-refractivity contribution in [1.29, 1.82) is 0 Å². The molecule has 0 saturated heterocycles. The fourth-order valence-corrected chi connectivity index (χ4v) is 1.99. The molecule has 0 radical (unpaired) electrons. The molecule has 0 spiro atoms. The maximum Gasteiger partial charge on any atom is 0.137 e. The fraction of sp³-hybridized carbons (Fsp3) is 0.600. The van der Waals surface area contributed by atoms with Gasteiger partial charge in [-0.15, -0.1) is 0 Å². The van der Waals surface area contributed by atoms with E-state index in [4.69, 9.17) is 16.3 Å². The molecule has 0 aromatic heterocycles. The summed E-state index contributed by atoms with van der Waals surface area (Å²) in [5, 5.41) is 4.16. The number of ether oxygens (including phenoxy) is 1. The summed E-state index contributed by atoms with van der Waals surface area (Å²) in [5.74, 6) is 0.760. The normalized spacial score (nSPS) is 11.9. The van der Waals surface area contributed by atoms with Crippen LogP contribution in [0.15, 0.2) is 18.2 Å². The molecule has 0 heterocycles. The molecule has 3 heteroatoms. The summed E-state index contributed by atoms with van der Waals surface area (Å²) in [4.78, 5) is 0. The van der Waals surface area contributed by atoms with Crippen molar-refractivity contribution in [2.45, 2.75) is 46.1 Å². The van der Waals surface area contributed by atoms with E-state index in [0.29, 0.717) is 17.7 Å². The Kier molecular flexibility index (Phi) is 5.48. The first-order valence-corrected chi connectivity index (χ1v) is 6.91. The van der Waals surface area contributed by atoms with Crippen LogP contribution in [0.5, 0.6) is 5.75 Å². The van der Waals surface area contributed by atoms with Crippen LogP contribution in [0.4, 0.5) is 0 Å². The summed E-state index contributed by atoms with van der Waals surface area (Å²) in [5.41, 5.74) is 1.28. The van der Waals surface area contributed by atoms with Crippen molar-refractivity contribution in [3.63, 3.8) is 0 Å². The van der Waals surface area contributed by atoms with Gasteiger partial charge in [0.2, 0.25) is 0 Å². The first kappa shape index (κ1) is 15.3. The van der Waals surface area contributed by atoms with E-state index in [0.717, 1.165) is 12.3 Å². The Morgan fingerprint density at radius 2 is 2.00 bits per heavy atom. The predicted molar refractivity (Wildman–Crippen MR) is 78.8 cm³/mol. The lowest BCUT2D eigenvalue weighted by Crippen LogP contribution is -2.36. The van der Waals surface area contributed by atoms with Crippen LogP contribution in [0.3, 0.4) is 0 Å². The van der Waals surface area contributed by atoms with Gasteiger partial charge in [-0.2, -0.15) is 0 Å². The number of rotatable bonds is 6. The smallest absolute Gasteiger partial charge is 0.137 e. The number of nitrogens with one attached hydrogen (secondary N) is 1. The molecule has 18 heavy (non-hydrogen) atoms. The highest BCUT2D eigenvalue weighted by Crippen LogP contribution is 2.31. The first-order chi connectivity index (χ1) is 8.36. The van der Waals surface area contributed by atoms with Crippen molar-refractivity contribution in [1.82, 2.24) is 5.32 Å². The summed E-state index contributed by atoms with van der Waals surface area (Å²) >= 11 is 6.23. The van der Waals surface area contributed by atoms with E-state index >= 15 is 0 Å². The van der Waals surface area contributed by atoms with Gasteiger partial charge in [0.1, 0.15) is 5.75 Å². The van der Waals surface area contributed by atoms with Crippen LogP contribution in [0.2, 0.25) is 5.02 Å². The Labute approximate surface area is 116 Å². The topological polar surface area (TPSA) is 21.3 Å². The zero-order valence-electron chi connectivity index (χ0n) is 12.0. The molecule has 0 aliphatic rings. The molecule has 1 rings (SSSR count). The molecule has 0 bridgehead atoms. The van der Waals surface area contributed by atoms with Gasteiger partial charge in [0.05, 0.1) is 11.6 Å². The molecule has 0 fully saturated rings. The van der Waals surface area contributed by atoms with E-state index in [2.05, 4.69) is 39.1 Å². The minimum atomic E-state index is 0.0542. The molecule has 0 unspecified atom stereocenters. The van der Waals surface area contributed by atoms with Crippen LogP contribution in [0.1, 0.15) is 40.2 Å². The van der Waals surface area contributed by atoms with E-state index in [-0.39, 0.29) is 5.41 Å². The van der Waals surface area contributed by atoms with Gasteiger partial charge in [-0.1, -0.05) is 45.4 Å². The molecular weight excluding hydrogens is 246 g/mol. The Hall–Kier alpha value is -0.730. The minimum Gasteiger partial charge on any atom is -0.492 e. The summed E-state index contributed by atoms with van der Waals surface area (Å²) in [6, 6.07) is 6.55. The van der Waals surface area contributed by atoms with Crippen LogP contribution in [-0.4, -0.2) is 19.2 Å². The van der Waals surface area contributed by atoms with Crippen LogP contribution < -0.4 is 10.1 Å². The molecule has 0 aliphatic heterocycles. The second-order valence-corrected chi connectivity index (χ2v) is 5.90. The number of hydrogen-bond acceptors (Lipinski definition) is 2. The van der Waals surface area contributed by atoms with Crippen LogP contribution >= 0.6 is 11.6 Å². The number of hydrogen-bond donors (Lipinski definition) is 1. The van der Waals surface area contributed by atoms with Crippen molar-refractivity contribution in [2.24, 2.45) is 0 Å². The highest BCUT2D eigenvalue weighted by Gasteiger charge is 2.21. The molecular formula is C15H24ClNO. The second kappa shape index (κ2) is 6.44. The van der Waals surface area contributed by atoms with Crippen molar-refractivity contribution >= 4 is 11.6 Å². The largest absolute Gasteiger partial charge is 0.492 e. The third kappa shape index (κ3) is 4.18. The molecule has 0 saturated carbocycles. The standard InChI is InChI=1S/C15H24ClNO/c1-6-18-14-8-7-12(9-13(14)16)15(4,5)10-17-11(2)3/h7-9,11,17H,6,10H2,1-5H3. The summed E-state index contributed by atoms with van der Waals surface area (Å²) in [7, 11) is 0. The molecule has 0 aliphatic carbocycles. The van der Waals surface area contributed by atoms with Gasteiger partial charge in [0.25, 0.3) is 0 Å². The van der Waals surface area contributed by atoms with Gasteiger partial charge in [0.15, 0.2) is 0 Å². The lowest BCUT2D eigenvalue weighted by Gasteiger charge is -2.27. The first-order valence-electron chi connectivity index (χ1n) is 6.53. The Bertz CT molecular complexity index is 388. The van der Waals surface area contributed by atoms with Crippen molar-refractivity contribution in [2.75, 3.05) is 13.2 Å². The van der Waals surface area contributed by atoms with E-state index in [1.165, 1.54) is 5.56 Å². The molecule has 1 N–H and O–H groups in total. The zero-order valence-corrected chi connectivity index (χ0v) is 12.8. The van der Waals surface area contributed by atoms with Crippen molar-refractivity contribution in [3.8, 4) is 5.75 Å².